The van der Waals surface area contributed by atoms with Gasteiger partial charge in [-0.3, -0.25) is 24.1 Å². The zero-order valence-corrected chi connectivity index (χ0v) is 20.3. The second-order valence-corrected chi connectivity index (χ2v) is 8.69. The molecule has 1 aliphatic heterocycles. The molecule has 35 heavy (non-hydrogen) atoms. The molecule has 3 amide bonds. The first kappa shape index (κ1) is 27.4. The molecule has 0 aromatic heterocycles. The molecule has 1 aromatic rings. The highest BCUT2D eigenvalue weighted by Crippen LogP contribution is 2.18. The number of hydrogen-bond donors (Lipinski definition) is 1. The summed E-state index contributed by atoms with van der Waals surface area (Å²) in [4.78, 5) is 63.8. The molecule has 1 aromatic carbocycles. The predicted molar refractivity (Wildman–Crippen MR) is 123 cm³/mol. The molecule has 1 atom stereocenters. The van der Waals surface area contributed by atoms with Gasteiger partial charge in [-0.15, -0.1) is 0 Å². The van der Waals surface area contributed by atoms with Crippen LogP contribution < -0.4 is 5.32 Å². The Morgan fingerprint density at radius 1 is 1.03 bits per heavy atom. The molecular weight excluding hydrogens is 458 g/mol. The SMILES string of the molecule is COC(=O)CN1C=CN(C(=O)OCc2ccccc2)[C@@H](CC(=O)NCCC(=O)OC(C)(C)C)C1=O. The van der Waals surface area contributed by atoms with Gasteiger partial charge in [-0.1, -0.05) is 30.3 Å². The maximum Gasteiger partial charge on any atom is 0.414 e. The van der Waals surface area contributed by atoms with Crippen LogP contribution in [0.2, 0.25) is 0 Å². The van der Waals surface area contributed by atoms with Crippen LogP contribution in [0.1, 0.15) is 39.2 Å². The first-order chi connectivity index (χ1) is 16.5. The molecule has 1 aliphatic rings. The van der Waals surface area contributed by atoms with Crippen molar-refractivity contribution in [1.82, 2.24) is 15.1 Å². The number of hydrogen-bond acceptors (Lipinski definition) is 8. The molecule has 1 N–H and O–H groups in total. The fourth-order valence-electron chi connectivity index (χ4n) is 3.09. The van der Waals surface area contributed by atoms with Crippen molar-refractivity contribution in [3.8, 4) is 0 Å². The summed E-state index contributed by atoms with van der Waals surface area (Å²) in [5.41, 5.74) is 0.1000. The fraction of sp³-hybridized carbons (Fsp3) is 0.458. The maximum atomic E-state index is 13.0. The lowest BCUT2D eigenvalue weighted by Gasteiger charge is -2.34. The minimum Gasteiger partial charge on any atom is -0.468 e. The standard InChI is InChI=1S/C24H31N3O8/c1-24(2,3)35-20(29)10-11-25-19(28)14-18-22(31)26(15-21(30)33-4)12-13-27(18)23(32)34-16-17-8-6-5-7-9-17/h5-9,12-13,18H,10-11,14-16H2,1-4H3,(H,25,28)/t18-/m0/s1. The highest BCUT2D eigenvalue weighted by atomic mass is 16.6. The zero-order valence-electron chi connectivity index (χ0n) is 20.3. The molecule has 0 fully saturated rings. The van der Waals surface area contributed by atoms with Crippen molar-refractivity contribution in [2.45, 2.75) is 51.9 Å². The number of rotatable bonds is 9. The second-order valence-electron chi connectivity index (χ2n) is 8.69. The van der Waals surface area contributed by atoms with Gasteiger partial charge < -0.3 is 24.4 Å². The highest BCUT2D eigenvalue weighted by Gasteiger charge is 2.38. The van der Waals surface area contributed by atoms with Crippen LogP contribution in [-0.2, 0) is 40.0 Å². The van der Waals surface area contributed by atoms with E-state index in [4.69, 9.17) is 9.47 Å². The monoisotopic (exact) mass is 489 g/mol. The summed E-state index contributed by atoms with van der Waals surface area (Å²) in [5.74, 6) is -2.37. The normalized spacial score (nSPS) is 15.4. The Labute approximate surface area is 204 Å². The lowest BCUT2D eigenvalue weighted by Crippen LogP contribution is -2.53. The molecule has 190 valence electrons. The molecule has 11 nitrogen and oxygen atoms in total. The smallest absolute Gasteiger partial charge is 0.414 e. The Hall–Kier alpha value is -3.89. The van der Waals surface area contributed by atoms with Gasteiger partial charge in [0.1, 0.15) is 24.8 Å². The third kappa shape index (κ3) is 9.11. The predicted octanol–water partition coefficient (Wildman–Crippen LogP) is 1.72. The number of nitrogens with one attached hydrogen (secondary N) is 1. The average Bonchev–Trinajstić information content (AvgIpc) is 2.79. The lowest BCUT2D eigenvalue weighted by molar-refractivity contribution is -0.154. The summed E-state index contributed by atoms with van der Waals surface area (Å²) in [6.07, 6.45) is 1.23. The van der Waals surface area contributed by atoms with Crippen LogP contribution in [0.5, 0.6) is 0 Å². The van der Waals surface area contributed by atoms with E-state index in [2.05, 4.69) is 10.1 Å². The summed E-state index contributed by atoms with van der Waals surface area (Å²) in [5, 5.41) is 2.55. The van der Waals surface area contributed by atoms with Gasteiger partial charge >= 0.3 is 18.0 Å². The number of carbonyl (C=O) groups is 5. The molecular formula is C24H31N3O8. The topological polar surface area (TPSA) is 132 Å². The maximum absolute atomic E-state index is 13.0. The molecule has 11 heteroatoms. The van der Waals surface area contributed by atoms with Crippen LogP contribution >= 0.6 is 0 Å². The van der Waals surface area contributed by atoms with Gasteiger partial charge in [-0.05, 0) is 26.3 Å². The Bertz CT molecular complexity index is 955. The molecule has 0 saturated heterocycles. The first-order valence-corrected chi connectivity index (χ1v) is 11.0. The van der Waals surface area contributed by atoms with Gasteiger partial charge in [-0.2, -0.15) is 0 Å². The molecule has 1 heterocycles. The van der Waals surface area contributed by atoms with Crippen LogP contribution in [0, 0.1) is 0 Å². The zero-order chi connectivity index (χ0) is 26.0. The Morgan fingerprint density at radius 3 is 2.34 bits per heavy atom. The largest absolute Gasteiger partial charge is 0.468 e. The number of ether oxygens (including phenoxy) is 3. The van der Waals surface area contributed by atoms with Crippen molar-refractivity contribution in [2.75, 3.05) is 20.2 Å². The Morgan fingerprint density at radius 2 is 1.71 bits per heavy atom. The molecule has 0 spiro atoms. The number of nitrogens with zero attached hydrogens (tertiary/aromatic N) is 2. The van der Waals surface area contributed by atoms with Crippen LogP contribution in [0.15, 0.2) is 42.7 Å². The van der Waals surface area contributed by atoms with Gasteiger partial charge in [0.25, 0.3) is 5.91 Å². The van der Waals surface area contributed by atoms with Crippen LogP contribution in [0.4, 0.5) is 4.79 Å². The molecule has 0 bridgehead atoms. The molecule has 0 saturated carbocycles. The van der Waals surface area contributed by atoms with Gasteiger partial charge in [0.05, 0.1) is 20.0 Å². The second kappa shape index (κ2) is 12.5. The minimum absolute atomic E-state index is 0.00513. The number of benzene rings is 1. The van der Waals surface area contributed by atoms with E-state index in [0.717, 1.165) is 15.4 Å². The third-order valence-electron chi connectivity index (χ3n) is 4.70. The van der Waals surface area contributed by atoms with Crippen molar-refractivity contribution in [3.63, 3.8) is 0 Å². The Balaban J connectivity index is 2.04. The van der Waals surface area contributed by atoms with Gasteiger partial charge in [0.15, 0.2) is 0 Å². The summed E-state index contributed by atoms with van der Waals surface area (Å²) < 4.78 is 15.1. The van der Waals surface area contributed by atoms with Gasteiger partial charge in [0.2, 0.25) is 5.91 Å². The van der Waals surface area contributed by atoms with Crippen LogP contribution in [-0.4, -0.2) is 71.5 Å². The van der Waals surface area contributed by atoms with E-state index in [1.165, 1.54) is 19.5 Å². The summed E-state index contributed by atoms with van der Waals surface area (Å²) in [6, 6.07) is 7.71. The van der Waals surface area contributed by atoms with Crippen LogP contribution in [0.25, 0.3) is 0 Å². The van der Waals surface area contributed by atoms with E-state index < -0.39 is 47.9 Å². The molecule has 0 unspecified atom stereocenters. The highest BCUT2D eigenvalue weighted by molar-refractivity contribution is 5.94. The van der Waals surface area contributed by atoms with Crippen LogP contribution in [0.3, 0.4) is 0 Å². The summed E-state index contributed by atoms with van der Waals surface area (Å²) in [7, 11) is 1.18. The summed E-state index contributed by atoms with van der Waals surface area (Å²) in [6.45, 7) is 4.79. The first-order valence-electron chi connectivity index (χ1n) is 11.0. The summed E-state index contributed by atoms with van der Waals surface area (Å²) >= 11 is 0. The number of carbonyl (C=O) groups excluding carboxylic acids is 5. The fourth-order valence-corrected chi connectivity index (χ4v) is 3.09. The number of methoxy groups -OCH3 is 1. The van der Waals surface area contributed by atoms with Crippen molar-refractivity contribution in [3.05, 3.63) is 48.3 Å². The molecule has 2 rings (SSSR count). The van der Waals surface area contributed by atoms with E-state index in [-0.39, 0.29) is 26.1 Å². The van der Waals surface area contributed by atoms with E-state index in [1.54, 1.807) is 45.0 Å². The van der Waals surface area contributed by atoms with Crippen molar-refractivity contribution in [2.24, 2.45) is 0 Å². The van der Waals surface area contributed by atoms with E-state index in [0.29, 0.717) is 0 Å². The number of amides is 3. The van der Waals surface area contributed by atoms with E-state index in [9.17, 15) is 24.0 Å². The average molecular weight is 490 g/mol. The van der Waals surface area contributed by atoms with Gasteiger partial charge in [0, 0.05) is 18.9 Å². The molecule has 0 aliphatic carbocycles. The van der Waals surface area contributed by atoms with E-state index in [1.807, 2.05) is 6.07 Å². The van der Waals surface area contributed by atoms with Crippen molar-refractivity contribution in [1.29, 1.82) is 0 Å². The third-order valence-corrected chi connectivity index (χ3v) is 4.70. The quantitative estimate of drug-likeness (QED) is 0.410. The lowest BCUT2D eigenvalue weighted by atomic mass is 10.1. The van der Waals surface area contributed by atoms with E-state index >= 15 is 0 Å². The minimum atomic E-state index is -1.26. The van der Waals surface area contributed by atoms with Gasteiger partial charge in [-0.25, -0.2) is 4.79 Å². The van der Waals surface area contributed by atoms with Crippen molar-refractivity contribution >= 4 is 29.8 Å². The Kier molecular flexibility index (Phi) is 9.80. The van der Waals surface area contributed by atoms with Crippen molar-refractivity contribution < 1.29 is 38.2 Å². The molecule has 0 radical (unpaired) electrons. The number of esters is 2.